The van der Waals surface area contributed by atoms with Gasteiger partial charge >= 0.3 is 0 Å². The number of carbonyl (C=O) groups is 1. The van der Waals surface area contributed by atoms with Crippen molar-refractivity contribution in [3.8, 4) is 11.1 Å². The Morgan fingerprint density at radius 3 is 2.63 bits per heavy atom. The van der Waals surface area contributed by atoms with E-state index in [0.717, 1.165) is 36.1 Å². The van der Waals surface area contributed by atoms with Crippen molar-refractivity contribution in [2.24, 2.45) is 11.7 Å². The van der Waals surface area contributed by atoms with Crippen LogP contribution in [-0.2, 0) is 4.79 Å². The Kier molecular flexibility index (Phi) is 6.45. The van der Waals surface area contributed by atoms with E-state index >= 15 is 0 Å². The van der Waals surface area contributed by atoms with Crippen molar-refractivity contribution in [1.29, 1.82) is 0 Å². The van der Waals surface area contributed by atoms with Crippen molar-refractivity contribution in [2.45, 2.75) is 24.8 Å². The Balaban J connectivity index is 0.00000102. The smallest absolute Gasteiger partial charge is 0.226 e. The van der Waals surface area contributed by atoms with E-state index in [0.29, 0.717) is 11.6 Å². The van der Waals surface area contributed by atoms with E-state index in [-0.39, 0.29) is 29.6 Å². The summed E-state index contributed by atoms with van der Waals surface area (Å²) in [7, 11) is 0. The Morgan fingerprint density at radius 1 is 1.22 bits per heavy atom. The summed E-state index contributed by atoms with van der Waals surface area (Å²) in [6.45, 7) is 1.38. The van der Waals surface area contributed by atoms with E-state index in [1.165, 1.54) is 12.1 Å². The van der Waals surface area contributed by atoms with Crippen LogP contribution < -0.4 is 5.73 Å². The van der Waals surface area contributed by atoms with Crippen LogP contribution in [0, 0.1) is 11.7 Å². The average Bonchev–Trinajstić information content (AvgIpc) is 3.35. The van der Waals surface area contributed by atoms with Crippen LogP contribution in [0.25, 0.3) is 11.1 Å². The summed E-state index contributed by atoms with van der Waals surface area (Å²) in [4.78, 5) is 14.6. The highest BCUT2D eigenvalue weighted by molar-refractivity contribution is 7.79. The minimum Gasteiger partial charge on any atom is -0.341 e. The van der Waals surface area contributed by atoms with Gasteiger partial charge in [-0.2, -0.15) is 12.6 Å². The van der Waals surface area contributed by atoms with Gasteiger partial charge in [0.1, 0.15) is 5.82 Å². The molecule has 27 heavy (non-hydrogen) atoms. The second-order valence-corrected chi connectivity index (χ2v) is 7.40. The van der Waals surface area contributed by atoms with Crippen molar-refractivity contribution in [2.75, 3.05) is 19.3 Å². The minimum absolute atomic E-state index is 0.0306. The van der Waals surface area contributed by atoms with Gasteiger partial charge in [0.05, 0.1) is 0 Å². The highest BCUT2D eigenvalue weighted by Gasteiger charge is 2.47. The van der Waals surface area contributed by atoms with Gasteiger partial charge in [-0.3, -0.25) is 4.79 Å². The van der Waals surface area contributed by atoms with Crippen LogP contribution in [0.5, 0.6) is 0 Å². The van der Waals surface area contributed by atoms with E-state index in [2.05, 4.69) is 12.6 Å². The van der Waals surface area contributed by atoms with Gasteiger partial charge in [0.2, 0.25) is 5.91 Å². The molecule has 1 heterocycles. The molecule has 0 spiro atoms. The van der Waals surface area contributed by atoms with E-state index in [9.17, 15) is 9.18 Å². The molecule has 3 nitrogen and oxygen atoms in total. The Hall–Kier alpha value is -1.56. The fourth-order valence-corrected chi connectivity index (χ4v) is 4.04. The average molecular weight is 407 g/mol. The summed E-state index contributed by atoms with van der Waals surface area (Å²) >= 11 is 9.84. The van der Waals surface area contributed by atoms with Gasteiger partial charge in [-0.25, -0.2) is 4.39 Å². The standard InChI is InChI=1S/C20H20ClFN2O.CH4S/c21-19-4-2-1-3-15(19)16-9-12(22)5-6-14(16)17-10-18(17)20(25)24-8-7-13(23)11-24;1-2/h1-6,9,13,17-18H,7-8,10-11,23H2;2H,1H3. The number of nitrogens with zero attached hydrogens (tertiary/aromatic N) is 1. The molecule has 2 aromatic carbocycles. The van der Waals surface area contributed by atoms with Crippen LogP contribution in [0.15, 0.2) is 42.5 Å². The maximum absolute atomic E-state index is 13.9. The van der Waals surface area contributed by atoms with Gasteiger partial charge in [-0.15, -0.1) is 0 Å². The summed E-state index contributed by atoms with van der Waals surface area (Å²) < 4.78 is 13.9. The molecular weight excluding hydrogens is 383 g/mol. The predicted molar refractivity (Wildman–Crippen MR) is 112 cm³/mol. The second-order valence-electron chi connectivity index (χ2n) is 6.99. The second kappa shape index (κ2) is 8.63. The maximum Gasteiger partial charge on any atom is 0.226 e. The zero-order chi connectivity index (χ0) is 19.6. The highest BCUT2D eigenvalue weighted by atomic mass is 35.5. The molecule has 1 saturated carbocycles. The topological polar surface area (TPSA) is 46.3 Å². The van der Waals surface area contributed by atoms with E-state index < -0.39 is 0 Å². The first-order valence-electron chi connectivity index (χ1n) is 9.08. The zero-order valence-corrected chi connectivity index (χ0v) is 16.9. The fourth-order valence-electron chi connectivity index (χ4n) is 3.80. The van der Waals surface area contributed by atoms with E-state index in [1.807, 2.05) is 23.1 Å². The number of amides is 1. The van der Waals surface area contributed by atoms with Gasteiger partial charge in [0.25, 0.3) is 0 Å². The molecule has 1 saturated heterocycles. The molecule has 1 aliphatic heterocycles. The third-order valence-electron chi connectivity index (χ3n) is 5.22. The molecule has 0 radical (unpaired) electrons. The maximum atomic E-state index is 13.9. The third kappa shape index (κ3) is 4.31. The highest BCUT2D eigenvalue weighted by Crippen LogP contribution is 2.52. The van der Waals surface area contributed by atoms with Crippen molar-refractivity contribution < 1.29 is 9.18 Å². The van der Waals surface area contributed by atoms with Gasteiger partial charge in [-0.05, 0) is 54.3 Å². The summed E-state index contributed by atoms with van der Waals surface area (Å²) in [6, 6.07) is 12.3. The first-order chi connectivity index (χ1) is 13.0. The van der Waals surface area contributed by atoms with E-state index in [4.69, 9.17) is 17.3 Å². The summed E-state index contributed by atoms with van der Waals surface area (Å²) in [6.07, 6.45) is 3.36. The van der Waals surface area contributed by atoms with Crippen LogP contribution >= 0.6 is 24.2 Å². The number of benzene rings is 2. The third-order valence-corrected chi connectivity index (χ3v) is 5.55. The first kappa shape index (κ1) is 20.2. The van der Waals surface area contributed by atoms with Crippen molar-refractivity contribution >= 4 is 30.1 Å². The molecule has 2 fully saturated rings. The normalized spacial score (nSPS) is 23.6. The molecule has 3 atom stereocenters. The summed E-state index contributed by atoms with van der Waals surface area (Å²) in [5, 5.41) is 0.586. The first-order valence-corrected chi connectivity index (χ1v) is 10.4. The molecule has 0 bridgehead atoms. The number of hydrogen-bond acceptors (Lipinski definition) is 3. The van der Waals surface area contributed by atoms with Gasteiger partial charge in [0, 0.05) is 35.6 Å². The van der Waals surface area contributed by atoms with E-state index in [1.54, 1.807) is 18.4 Å². The van der Waals surface area contributed by atoms with Gasteiger partial charge in [-0.1, -0.05) is 35.9 Å². The Morgan fingerprint density at radius 2 is 1.96 bits per heavy atom. The number of rotatable bonds is 3. The lowest BCUT2D eigenvalue weighted by Crippen LogP contribution is -2.33. The molecule has 1 amide bonds. The van der Waals surface area contributed by atoms with Crippen LogP contribution in [0.1, 0.15) is 24.3 Å². The zero-order valence-electron chi connectivity index (χ0n) is 15.2. The lowest BCUT2D eigenvalue weighted by molar-refractivity contribution is -0.131. The Bertz CT molecular complexity index is 832. The molecule has 2 aliphatic rings. The van der Waals surface area contributed by atoms with Crippen LogP contribution in [0.2, 0.25) is 5.02 Å². The van der Waals surface area contributed by atoms with Crippen molar-refractivity contribution in [1.82, 2.24) is 4.90 Å². The van der Waals surface area contributed by atoms with Crippen molar-refractivity contribution in [3.05, 3.63) is 58.9 Å². The number of hydrogen-bond donors (Lipinski definition) is 2. The molecule has 2 N–H and O–H groups in total. The SMILES string of the molecule is CS.NC1CCN(C(=O)C2CC2c2ccc(F)cc2-c2ccccc2Cl)C1. The number of halogens is 2. The van der Waals surface area contributed by atoms with Gasteiger partial charge in [0.15, 0.2) is 0 Å². The molecule has 144 valence electrons. The number of thiol groups is 1. The number of nitrogens with two attached hydrogens (primary N) is 1. The lowest BCUT2D eigenvalue weighted by Gasteiger charge is -2.16. The number of likely N-dealkylation sites (tertiary alicyclic amines) is 1. The lowest BCUT2D eigenvalue weighted by atomic mass is 9.95. The van der Waals surface area contributed by atoms with Crippen LogP contribution in [-0.4, -0.2) is 36.2 Å². The molecule has 6 heteroatoms. The fraction of sp³-hybridized carbons (Fsp3) is 0.381. The van der Waals surface area contributed by atoms with Crippen LogP contribution in [0.4, 0.5) is 4.39 Å². The Labute approximate surface area is 170 Å². The van der Waals surface area contributed by atoms with Crippen molar-refractivity contribution in [3.63, 3.8) is 0 Å². The predicted octanol–water partition coefficient (Wildman–Crippen LogP) is 4.36. The quantitative estimate of drug-likeness (QED) is 0.744. The molecular formula is C21H24ClFN2OS. The van der Waals surface area contributed by atoms with Gasteiger partial charge < -0.3 is 10.6 Å². The molecule has 2 aromatic rings. The monoisotopic (exact) mass is 406 g/mol. The molecule has 4 rings (SSSR count). The largest absolute Gasteiger partial charge is 0.341 e. The summed E-state index contributed by atoms with van der Waals surface area (Å²) in [5.74, 6) is -0.0340. The van der Waals surface area contributed by atoms with Crippen LogP contribution in [0.3, 0.4) is 0 Å². The molecule has 1 aliphatic carbocycles. The molecule has 3 unspecified atom stereocenters. The summed E-state index contributed by atoms with van der Waals surface area (Å²) in [5.41, 5.74) is 8.50. The minimum atomic E-state index is -0.298. The number of carbonyl (C=O) groups excluding carboxylic acids is 1. The molecule has 0 aromatic heterocycles.